The number of carbonyl (C=O) groups is 1. The number of hydrogen-bond donors (Lipinski definition) is 0. The minimum Gasteiger partial charge on any atom is -0.306 e. The van der Waals surface area contributed by atoms with Crippen molar-refractivity contribution >= 4 is 22.5 Å². The lowest BCUT2D eigenvalue weighted by atomic mass is 9.82. The van der Waals surface area contributed by atoms with Crippen molar-refractivity contribution in [2.24, 2.45) is 0 Å². The number of amides is 1. The molecule has 0 N–H and O–H groups in total. The lowest BCUT2D eigenvalue weighted by Gasteiger charge is -2.45. The number of benzene rings is 2. The Kier molecular flexibility index (Phi) is 2.93. The van der Waals surface area contributed by atoms with Gasteiger partial charge in [0.05, 0.1) is 17.1 Å². The fourth-order valence-electron chi connectivity index (χ4n) is 3.33. The monoisotopic (exact) mass is 288 g/mol. The van der Waals surface area contributed by atoms with E-state index in [4.69, 9.17) is 0 Å². The summed E-state index contributed by atoms with van der Waals surface area (Å²) >= 11 is 0. The smallest absolute Gasteiger partial charge is 0.236 e. The first-order valence-corrected chi connectivity index (χ1v) is 7.49. The maximum atomic E-state index is 12.7. The summed E-state index contributed by atoms with van der Waals surface area (Å²) in [5, 5.41) is 1.06. The number of nitrogens with zero attached hydrogens (tertiary/aromatic N) is 2. The predicted octanol–water partition coefficient (Wildman–Crippen LogP) is 3.75. The van der Waals surface area contributed by atoms with Crippen molar-refractivity contribution < 1.29 is 4.79 Å². The second-order valence-corrected chi connectivity index (χ2v) is 5.69. The van der Waals surface area contributed by atoms with Gasteiger partial charge in [-0.15, -0.1) is 0 Å². The lowest BCUT2D eigenvalue weighted by Crippen LogP contribution is -2.58. The molecule has 1 fully saturated rings. The molecule has 2 aromatic carbocycles. The number of rotatable bonds is 2. The van der Waals surface area contributed by atoms with Crippen molar-refractivity contribution in [2.45, 2.75) is 18.9 Å². The van der Waals surface area contributed by atoms with Crippen LogP contribution in [0.1, 0.15) is 18.4 Å². The highest BCUT2D eigenvalue weighted by molar-refractivity contribution is 6.10. The maximum absolute atomic E-state index is 12.7. The SMILES string of the molecule is CC1C(c2ccccc2)C(=O)N1c1cccc2cccnc12. The molecule has 3 aromatic rings. The van der Waals surface area contributed by atoms with E-state index in [2.05, 4.69) is 11.9 Å². The highest BCUT2D eigenvalue weighted by atomic mass is 16.2. The summed E-state index contributed by atoms with van der Waals surface area (Å²) in [6.07, 6.45) is 1.77. The van der Waals surface area contributed by atoms with Gasteiger partial charge in [-0.05, 0) is 24.6 Å². The standard InChI is InChI=1S/C19H16N2O/c1-13-17(14-7-3-2-4-8-14)19(22)21(13)16-11-5-9-15-10-6-12-20-18(15)16/h2-13,17H,1H3. The number of fused-ring (bicyclic) bond motifs is 1. The number of anilines is 1. The Morgan fingerprint density at radius 1 is 0.955 bits per heavy atom. The average Bonchev–Trinajstić information content (AvgIpc) is 2.56. The maximum Gasteiger partial charge on any atom is 0.236 e. The number of carbonyl (C=O) groups excluding carboxylic acids is 1. The molecule has 4 rings (SSSR count). The first-order valence-electron chi connectivity index (χ1n) is 7.49. The van der Waals surface area contributed by atoms with Gasteiger partial charge in [-0.3, -0.25) is 9.78 Å². The van der Waals surface area contributed by atoms with E-state index in [1.54, 1.807) is 6.20 Å². The molecule has 3 heteroatoms. The van der Waals surface area contributed by atoms with E-state index in [1.807, 2.05) is 65.6 Å². The molecule has 3 nitrogen and oxygen atoms in total. The highest BCUT2D eigenvalue weighted by Gasteiger charge is 2.46. The Morgan fingerprint density at radius 3 is 2.50 bits per heavy atom. The van der Waals surface area contributed by atoms with E-state index in [9.17, 15) is 4.79 Å². The molecule has 2 unspecified atom stereocenters. The van der Waals surface area contributed by atoms with Crippen LogP contribution in [0.15, 0.2) is 66.9 Å². The van der Waals surface area contributed by atoms with Gasteiger partial charge in [0.2, 0.25) is 5.91 Å². The van der Waals surface area contributed by atoms with Gasteiger partial charge >= 0.3 is 0 Å². The van der Waals surface area contributed by atoms with E-state index >= 15 is 0 Å². The van der Waals surface area contributed by atoms with E-state index < -0.39 is 0 Å². The summed E-state index contributed by atoms with van der Waals surface area (Å²) in [6.45, 7) is 2.10. The van der Waals surface area contributed by atoms with Gasteiger partial charge in [0.1, 0.15) is 0 Å². The zero-order valence-corrected chi connectivity index (χ0v) is 12.3. The van der Waals surface area contributed by atoms with Crippen molar-refractivity contribution in [1.82, 2.24) is 4.98 Å². The van der Waals surface area contributed by atoms with Gasteiger partial charge in [0, 0.05) is 17.6 Å². The van der Waals surface area contributed by atoms with Crippen LogP contribution >= 0.6 is 0 Å². The third kappa shape index (κ3) is 1.82. The number of hydrogen-bond acceptors (Lipinski definition) is 2. The molecule has 1 aliphatic heterocycles. The highest BCUT2D eigenvalue weighted by Crippen LogP contribution is 2.41. The first-order chi connectivity index (χ1) is 10.8. The minimum atomic E-state index is -0.0554. The molecule has 22 heavy (non-hydrogen) atoms. The van der Waals surface area contributed by atoms with Crippen molar-refractivity contribution in [1.29, 1.82) is 0 Å². The van der Waals surface area contributed by atoms with Crippen molar-refractivity contribution in [2.75, 3.05) is 4.90 Å². The summed E-state index contributed by atoms with van der Waals surface area (Å²) in [4.78, 5) is 19.0. The van der Waals surface area contributed by atoms with Gasteiger partial charge < -0.3 is 4.90 Å². The van der Waals surface area contributed by atoms with Crippen LogP contribution in [0.5, 0.6) is 0 Å². The van der Waals surface area contributed by atoms with E-state index in [-0.39, 0.29) is 17.9 Å². The van der Waals surface area contributed by atoms with E-state index in [1.165, 1.54) is 0 Å². The predicted molar refractivity (Wildman–Crippen MR) is 87.9 cm³/mol. The molecule has 1 saturated heterocycles. The zero-order valence-electron chi connectivity index (χ0n) is 12.3. The van der Waals surface area contributed by atoms with Crippen LogP contribution in [0.25, 0.3) is 10.9 Å². The fourth-order valence-corrected chi connectivity index (χ4v) is 3.33. The zero-order chi connectivity index (χ0) is 15.1. The molecular formula is C19H16N2O. The molecule has 1 aliphatic rings. The number of β-lactam (4-membered cyclic amide) rings is 1. The van der Waals surface area contributed by atoms with Crippen LogP contribution in [-0.4, -0.2) is 16.9 Å². The molecule has 2 atom stereocenters. The molecule has 0 radical (unpaired) electrons. The second kappa shape index (κ2) is 4.95. The lowest BCUT2D eigenvalue weighted by molar-refractivity contribution is -0.126. The third-order valence-corrected chi connectivity index (χ3v) is 4.42. The Bertz CT molecular complexity index is 839. The van der Waals surface area contributed by atoms with Gasteiger partial charge in [0.15, 0.2) is 0 Å². The van der Waals surface area contributed by atoms with Crippen LogP contribution in [-0.2, 0) is 4.79 Å². The van der Waals surface area contributed by atoms with Gasteiger partial charge in [-0.2, -0.15) is 0 Å². The van der Waals surface area contributed by atoms with Crippen LogP contribution in [0.3, 0.4) is 0 Å². The number of pyridine rings is 1. The Balaban J connectivity index is 1.74. The van der Waals surface area contributed by atoms with Crippen molar-refractivity contribution in [3.8, 4) is 0 Å². The topological polar surface area (TPSA) is 33.2 Å². The Morgan fingerprint density at radius 2 is 1.73 bits per heavy atom. The quantitative estimate of drug-likeness (QED) is 0.673. The first kappa shape index (κ1) is 13.0. The summed E-state index contributed by atoms with van der Waals surface area (Å²) in [6, 6.07) is 20.1. The van der Waals surface area contributed by atoms with Crippen molar-refractivity contribution in [3.63, 3.8) is 0 Å². The Hall–Kier alpha value is -2.68. The van der Waals surface area contributed by atoms with E-state index in [0.717, 1.165) is 22.2 Å². The molecule has 0 bridgehead atoms. The Labute approximate surface area is 129 Å². The van der Waals surface area contributed by atoms with Gasteiger partial charge in [0.25, 0.3) is 0 Å². The molecule has 1 aromatic heterocycles. The van der Waals surface area contributed by atoms with Crippen LogP contribution < -0.4 is 4.90 Å². The largest absolute Gasteiger partial charge is 0.306 e. The minimum absolute atomic E-state index is 0.0554. The van der Waals surface area contributed by atoms with Crippen molar-refractivity contribution in [3.05, 3.63) is 72.4 Å². The third-order valence-electron chi connectivity index (χ3n) is 4.42. The molecule has 108 valence electrons. The van der Waals surface area contributed by atoms with Crippen LogP contribution in [0.4, 0.5) is 5.69 Å². The van der Waals surface area contributed by atoms with Crippen LogP contribution in [0.2, 0.25) is 0 Å². The summed E-state index contributed by atoms with van der Waals surface area (Å²) < 4.78 is 0. The van der Waals surface area contributed by atoms with Gasteiger partial charge in [-0.25, -0.2) is 0 Å². The van der Waals surface area contributed by atoms with E-state index in [0.29, 0.717) is 0 Å². The molecule has 0 spiro atoms. The molecule has 0 aliphatic carbocycles. The second-order valence-electron chi connectivity index (χ2n) is 5.69. The summed E-state index contributed by atoms with van der Waals surface area (Å²) in [5.74, 6) is 0.0945. The number of para-hydroxylation sites is 1. The summed E-state index contributed by atoms with van der Waals surface area (Å²) in [7, 11) is 0. The van der Waals surface area contributed by atoms with Gasteiger partial charge in [-0.1, -0.05) is 48.5 Å². The molecule has 1 amide bonds. The number of aromatic nitrogens is 1. The molecule has 0 saturated carbocycles. The van der Waals surface area contributed by atoms with Crippen LogP contribution in [0, 0.1) is 0 Å². The molecular weight excluding hydrogens is 272 g/mol. The fraction of sp³-hybridized carbons (Fsp3) is 0.158. The average molecular weight is 288 g/mol. The summed E-state index contributed by atoms with van der Waals surface area (Å²) in [5.41, 5.74) is 2.88. The molecule has 2 heterocycles. The normalized spacial score (nSPS) is 21.0.